The summed E-state index contributed by atoms with van der Waals surface area (Å²) in [5, 5.41) is 8.53. The van der Waals surface area contributed by atoms with Gasteiger partial charge in [0, 0.05) is 11.6 Å². The van der Waals surface area contributed by atoms with Gasteiger partial charge in [-0.15, -0.1) is 24.2 Å². The van der Waals surface area contributed by atoms with Gasteiger partial charge >= 0.3 is 5.97 Å². The molecule has 60 valence electrons. The van der Waals surface area contributed by atoms with Gasteiger partial charge in [-0.3, -0.25) is 9.69 Å². The minimum absolute atomic E-state index is 0. The number of carboxylic acids is 1. The quantitative estimate of drug-likeness (QED) is 0.643. The standard InChI is InChI=1S/C5H9NO2S.ClH/c1-6-3-9-2-4(6)5(7)8;/h4H,2-3H2,1H3,(H,7,8);1H/t4-;/m0./s1. The molecule has 0 aromatic heterocycles. The fourth-order valence-corrected chi connectivity index (χ4v) is 1.98. The average molecular weight is 184 g/mol. The van der Waals surface area contributed by atoms with Crippen molar-refractivity contribution in [3.63, 3.8) is 0 Å². The number of aliphatic carboxylic acids is 1. The molecule has 0 saturated carbocycles. The fourth-order valence-electron chi connectivity index (χ4n) is 0.785. The Morgan fingerprint density at radius 1 is 1.80 bits per heavy atom. The molecule has 10 heavy (non-hydrogen) atoms. The largest absolute Gasteiger partial charge is 0.480 e. The van der Waals surface area contributed by atoms with Gasteiger partial charge in [0.25, 0.3) is 0 Å². The van der Waals surface area contributed by atoms with E-state index in [1.165, 1.54) is 0 Å². The van der Waals surface area contributed by atoms with E-state index in [0.29, 0.717) is 0 Å². The molecule has 1 aliphatic rings. The molecule has 0 aliphatic carbocycles. The number of nitrogens with zero attached hydrogens (tertiary/aromatic N) is 1. The summed E-state index contributed by atoms with van der Waals surface area (Å²) in [6.45, 7) is 0. The summed E-state index contributed by atoms with van der Waals surface area (Å²) in [6.07, 6.45) is 0. The van der Waals surface area contributed by atoms with Gasteiger partial charge in [0.05, 0.1) is 0 Å². The second-order valence-electron chi connectivity index (χ2n) is 2.11. The van der Waals surface area contributed by atoms with Crippen LogP contribution in [0.1, 0.15) is 0 Å². The normalized spacial score (nSPS) is 25.9. The number of thioether (sulfide) groups is 1. The Morgan fingerprint density at radius 2 is 2.40 bits per heavy atom. The summed E-state index contributed by atoms with van der Waals surface area (Å²) in [5.41, 5.74) is 0. The van der Waals surface area contributed by atoms with Crippen molar-refractivity contribution in [3.8, 4) is 0 Å². The molecule has 1 aliphatic heterocycles. The lowest BCUT2D eigenvalue weighted by molar-refractivity contribution is -0.141. The first-order valence-corrected chi connectivity index (χ1v) is 3.88. The van der Waals surface area contributed by atoms with E-state index in [0.717, 1.165) is 11.6 Å². The second-order valence-corrected chi connectivity index (χ2v) is 3.11. The molecule has 1 heterocycles. The number of hydrogen-bond donors (Lipinski definition) is 1. The van der Waals surface area contributed by atoms with Crippen LogP contribution in [0.15, 0.2) is 0 Å². The third-order valence-electron chi connectivity index (χ3n) is 1.39. The summed E-state index contributed by atoms with van der Waals surface area (Å²) in [4.78, 5) is 12.2. The van der Waals surface area contributed by atoms with Crippen LogP contribution in [0.5, 0.6) is 0 Å². The zero-order valence-corrected chi connectivity index (χ0v) is 7.24. The van der Waals surface area contributed by atoms with Crippen LogP contribution >= 0.6 is 24.2 Å². The summed E-state index contributed by atoms with van der Waals surface area (Å²) >= 11 is 1.66. The van der Waals surface area contributed by atoms with Crippen LogP contribution in [0.3, 0.4) is 0 Å². The molecule has 0 bridgehead atoms. The van der Waals surface area contributed by atoms with Crippen LogP contribution in [0, 0.1) is 0 Å². The molecule has 1 saturated heterocycles. The maximum atomic E-state index is 10.4. The van der Waals surface area contributed by atoms with E-state index in [1.807, 2.05) is 11.9 Å². The molecule has 0 radical (unpaired) electrons. The summed E-state index contributed by atoms with van der Waals surface area (Å²) in [7, 11) is 1.83. The average Bonchev–Trinajstić information content (AvgIpc) is 2.13. The second kappa shape index (κ2) is 4.05. The topological polar surface area (TPSA) is 40.5 Å². The predicted octanol–water partition coefficient (Wildman–Crippen LogP) is 0.497. The zero-order chi connectivity index (χ0) is 6.85. The van der Waals surface area contributed by atoms with Crippen LogP contribution < -0.4 is 0 Å². The smallest absolute Gasteiger partial charge is 0.321 e. The minimum Gasteiger partial charge on any atom is -0.480 e. The Hall–Kier alpha value is 0.0700. The van der Waals surface area contributed by atoms with Crippen LogP contribution in [0.2, 0.25) is 0 Å². The molecule has 0 aromatic carbocycles. The lowest BCUT2D eigenvalue weighted by Gasteiger charge is -2.11. The van der Waals surface area contributed by atoms with Crippen molar-refractivity contribution < 1.29 is 9.90 Å². The number of hydrogen-bond acceptors (Lipinski definition) is 3. The number of rotatable bonds is 1. The highest BCUT2D eigenvalue weighted by molar-refractivity contribution is 7.99. The van der Waals surface area contributed by atoms with Gasteiger partial charge in [0.15, 0.2) is 0 Å². The molecule has 5 heteroatoms. The van der Waals surface area contributed by atoms with Gasteiger partial charge in [0.2, 0.25) is 0 Å². The van der Waals surface area contributed by atoms with E-state index < -0.39 is 5.97 Å². The van der Waals surface area contributed by atoms with Gasteiger partial charge in [-0.05, 0) is 7.05 Å². The first-order valence-electron chi connectivity index (χ1n) is 2.72. The SMILES string of the molecule is CN1CSC[C@H]1C(=O)O.Cl. The van der Waals surface area contributed by atoms with Gasteiger partial charge < -0.3 is 5.11 Å². The molecule has 0 spiro atoms. The highest BCUT2D eigenvalue weighted by Gasteiger charge is 2.27. The Bertz CT molecular complexity index is 133. The van der Waals surface area contributed by atoms with Crippen molar-refractivity contribution in [3.05, 3.63) is 0 Å². The van der Waals surface area contributed by atoms with Crippen molar-refractivity contribution in [2.75, 3.05) is 18.7 Å². The molecule has 1 atom stereocenters. The van der Waals surface area contributed by atoms with Crippen molar-refractivity contribution >= 4 is 30.1 Å². The third-order valence-corrected chi connectivity index (χ3v) is 2.53. The van der Waals surface area contributed by atoms with Crippen molar-refractivity contribution in [2.24, 2.45) is 0 Å². The summed E-state index contributed by atoms with van der Waals surface area (Å²) < 4.78 is 0. The lowest BCUT2D eigenvalue weighted by atomic mass is 10.3. The Morgan fingerprint density at radius 3 is 2.60 bits per heavy atom. The Balaban J connectivity index is 0.000000810. The van der Waals surface area contributed by atoms with Crippen molar-refractivity contribution in [1.29, 1.82) is 0 Å². The molecular formula is C5H10ClNO2S. The van der Waals surface area contributed by atoms with Crippen LogP contribution in [-0.2, 0) is 4.79 Å². The van der Waals surface area contributed by atoms with E-state index >= 15 is 0 Å². The van der Waals surface area contributed by atoms with E-state index in [-0.39, 0.29) is 18.4 Å². The molecule has 1 rings (SSSR count). The van der Waals surface area contributed by atoms with E-state index in [4.69, 9.17) is 5.11 Å². The third kappa shape index (κ3) is 2.04. The number of carboxylic acid groups (broad SMARTS) is 1. The molecule has 3 nitrogen and oxygen atoms in total. The highest BCUT2D eigenvalue weighted by atomic mass is 35.5. The van der Waals surface area contributed by atoms with E-state index in [2.05, 4.69) is 0 Å². The summed E-state index contributed by atoms with van der Waals surface area (Å²) in [6, 6.07) is -0.255. The monoisotopic (exact) mass is 183 g/mol. The van der Waals surface area contributed by atoms with E-state index in [1.54, 1.807) is 11.8 Å². The van der Waals surface area contributed by atoms with Crippen molar-refractivity contribution in [2.45, 2.75) is 6.04 Å². The first-order chi connectivity index (χ1) is 4.22. The maximum absolute atomic E-state index is 10.4. The van der Waals surface area contributed by atoms with E-state index in [9.17, 15) is 4.79 Å². The Labute approximate surface area is 70.2 Å². The van der Waals surface area contributed by atoms with Gasteiger partial charge in [0.1, 0.15) is 6.04 Å². The molecular weight excluding hydrogens is 174 g/mol. The molecule has 1 fully saturated rings. The zero-order valence-electron chi connectivity index (χ0n) is 5.61. The van der Waals surface area contributed by atoms with Gasteiger partial charge in [-0.2, -0.15) is 0 Å². The summed E-state index contributed by atoms with van der Waals surface area (Å²) in [5.74, 6) is 0.866. The number of likely N-dealkylation sites (N-methyl/N-ethyl adjacent to an activating group) is 1. The first kappa shape index (κ1) is 10.1. The van der Waals surface area contributed by atoms with Crippen LogP contribution in [-0.4, -0.2) is 40.7 Å². The number of halogens is 1. The van der Waals surface area contributed by atoms with Crippen LogP contribution in [0.4, 0.5) is 0 Å². The molecule has 0 unspecified atom stereocenters. The van der Waals surface area contributed by atoms with Gasteiger partial charge in [-0.1, -0.05) is 0 Å². The van der Waals surface area contributed by atoms with Crippen LogP contribution in [0.25, 0.3) is 0 Å². The van der Waals surface area contributed by atoms with Gasteiger partial charge in [-0.25, -0.2) is 0 Å². The lowest BCUT2D eigenvalue weighted by Crippen LogP contribution is -2.34. The maximum Gasteiger partial charge on any atom is 0.321 e. The fraction of sp³-hybridized carbons (Fsp3) is 0.800. The highest BCUT2D eigenvalue weighted by Crippen LogP contribution is 2.17. The van der Waals surface area contributed by atoms with Crippen molar-refractivity contribution in [1.82, 2.24) is 4.90 Å². The number of carbonyl (C=O) groups is 1. The molecule has 0 aromatic rings. The predicted molar refractivity (Wildman–Crippen MR) is 43.8 cm³/mol. The molecule has 1 N–H and O–H groups in total. The minimum atomic E-state index is -0.706. The Kier molecular flexibility index (Phi) is 4.08. The molecule has 0 amide bonds.